The summed E-state index contributed by atoms with van der Waals surface area (Å²) in [5.41, 5.74) is 7.53. The molecule has 1 aromatic heterocycles. The predicted octanol–water partition coefficient (Wildman–Crippen LogP) is 3.35. The van der Waals surface area contributed by atoms with Crippen LogP contribution in [0.1, 0.15) is 48.1 Å². The second-order valence-corrected chi connectivity index (χ2v) is 7.41. The number of rotatable bonds is 3. The molecule has 1 atom stereocenters. The normalized spacial score (nSPS) is 19.7. The Bertz CT molecular complexity index is 790. The van der Waals surface area contributed by atoms with Gasteiger partial charge in [-0.2, -0.15) is 0 Å². The lowest BCUT2D eigenvalue weighted by Crippen LogP contribution is -2.53. The summed E-state index contributed by atoms with van der Waals surface area (Å²) in [6, 6.07) is 10.8. The summed E-state index contributed by atoms with van der Waals surface area (Å²) in [5.74, 6) is 0.864. The Morgan fingerprint density at radius 3 is 2.44 bits per heavy atom. The molecule has 1 aliphatic rings. The number of nitrogens with zero attached hydrogens (tertiary/aromatic N) is 1. The minimum Gasteiger partial charge on any atom is -0.451 e. The van der Waals surface area contributed by atoms with Crippen molar-refractivity contribution < 1.29 is 14.0 Å². The van der Waals surface area contributed by atoms with Crippen LogP contribution in [-0.4, -0.2) is 35.7 Å². The first-order valence-corrected chi connectivity index (χ1v) is 8.54. The van der Waals surface area contributed by atoms with E-state index in [2.05, 4.69) is 13.8 Å². The van der Waals surface area contributed by atoms with Crippen LogP contribution in [0.15, 0.2) is 40.8 Å². The molecule has 0 saturated carbocycles. The van der Waals surface area contributed by atoms with Gasteiger partial charge in [-0.05, 0) is 30.9 Å². The number of ketones is 1. The molecule has 25 heavy (non-hydrogen) atoms. The van der Waals surface area contributed by atoms with Gasteiger partial charge in [-0.15, -0.1) is 0 Å². The molecule has 2 N–H and O–H groups in total. The summed E-state index contributed by atoms with van der Waals surface area (Å²) in [4.78, 5) is 25.9. The number of benzene rings is 1. The van der Waals surface area contributed by atoms with Gasteiger partial charge in [-0.1, -0.05) is 38.1 Å². The quantitative estimate of drug-likeness (QED) is 0.869. The number of hydrogen-bond acceptors (Lipinski definition) is 4. The highest BCUT2D eigenvalue weighted by Gasteiger charge is 2.36. The van der Waals surface area contributed by atoms with Crippen LogP contribution in [0.25, 0.3) is 11.3 Å². The number of nitrogens with two attached hydrogens (primary N) is 1. The molecule has 0 radical (unpaired) electrons. The molecule has 132 valence electrons. The molecule has 2 aromatic rings. The summed E-state index contributed by atoms with van der Waals surface area (Å²) >= 11 is 0. The van der Waals surface area contributed by atoms with E-state index in [4.69, 9.17) is 10.2 Å². The fourth-order valence-electron chi connectivity index (χ4n) is 3.18. The summed E-state index contributed by atoms with van der Waals surface area (Å²) in [6.07, 6.45) is 0.790. The molecule has 5 heteroatoms. The largest absolute Gasteiger partial charge is 0.451 e. The lowest BCUT2D eigenvalue weighted by molar-refractivity contribution is 0.0504. The van der Waals surface area contributed by atoms with Crippen LogP contribution in [-0.2, 0) is 0 Å². The number of carbonyl (C=O) groups excluding carboxylic acids is 2. The van der Waals surface area contributed by atoms with Crippen LogP contribution >= 0.6 is 0 Å². The Labute approximate surface area is 147 Å². The monoisotopic (exact) mass is 340 g/mol. The molecule has 0 bridgehead atoms. The summed E-state index contributed by atoms with van der Waals surface area (Å²) in [5, 5.41) is 0. The maximum atomic E-state index is 12.7. The fraction of sp³-hybridized carbons (Fsp3) is 0.400. The molecule has 1 aromatic carbocycles. The molecule has 0 spiro atoms. The summed E-state index contributed by atoms with van der Waals surface area (Å²) in [6.45, 7) is 6.97. The van der Waals surface area contributed by atoms with E-state index in [-0.39, 0.29) is 23.1 Å². The third kappa shape index (κ3) is 3.51. The molecule has 2 heterocycles. The van der Waals surface area contributed by atoms with Crippen LogP contribution < -0.4 is 5.73 Å². The standard InChI is InChI=1S/C20H24N2O3/c1-13(23)14-4-6-15(7-5-14)16-8-9-17(25-16)19(24)22-11-10-18(21)20(2,3)12-22/h4-9,18H,10-12,21H2,1-3H3. The van der Waals surface area contributed by atoms with Gasteiger partial charge in [-0.3, -0.25) is 9.59 Å². The van der Waals surface area contributed by atoms with Gasteiger partial charge in [0.05, 0.1) is 0 Å². The Balaban J connectivity index is 1.77. The van der Waals surface area contributed by atoms with E-state index in [1.54, 1.807) is 24.3 Å². The molecular formula is C20H24N2O3. The van der Waals surface area contributed by atoms with E-state index in [1.165, 1.54) is 6.92 Å². The Hall–Kier alpha value is -2.40. The van der Waals surface area contributed by atoms with E-state index in [0.717, 1.165) is 12.0 Å². The minimum atomic E-state index is -0.105. The highest BCUT2D eigenvalue weighted by atomic mass is 16.4. The van der Waals surface area contributed by atoms with Gasteiger partial charge >= 0.3 is 0 Å². The highest BCUT2D eigenvalue weighted by Crippen LogP contribution is 2.30. The van der Waals surface area contributed by atoms with Crippen molar-refractivity contribution in [2.45, 2.75) is 33.2 Å². The van der Waals surface area contributed by atoms with E-state index >= 15 is 0 Å². The predicted molar refractivity (Wildman–Crippen MR) is 96.4 cm³/mol. The third-order valence-electron chi connectivity index (χ3n) is 4.99. The molecule has 3 rings (SSSR count). The van der Waals surface area contributed by atoms with E-state index in [0.29, 0.717) is 30.2 Å². The van der Waals surface area contributed by atoms with Crippen LogP contribution in [0.4, 0.5) is 0 Å². The minimum absolute atomic E-state index is 0.0211. The summed E-state index contributed by atoms with van der Waals surface area (Å²) in [7, 11) is 0. The molecule has 1 unspecified atom stereocenters. The number of likely N-dealkylation sites (tertiary alicyclic amines) is 1. The van der Waals surface area contributed by atoms with Gasteiger partial charge < -0.3 is 15.1 Å². The Kier molecular flexibility index (Phi) is 4.52. The number of Topliss-reactive ketones (excluding diaryl/α,β-unsaturated/α-hetero) is 1. The van der Waals surface area contributed by atoms with Gasteiger partial charge in [0.25, 0.3) is 5.91 Å². The zero-order valence-electron chi connectivity index (χ0n) is 14.9. The highest BCUT2D eigenvalue weighted by molar-refractivity contribution is 5.94. The van der Waals surface area contributed by atoms with Crippen molar-refractivity contribution in [3.63, 3.8) is 0 Å². The number of hydrogen-bond donors (Lipinski definition) is 1. The van der Waals surface area contributed by atoms with Crippen LogP contribution in [0.2, 0.25) is 0 Å². The number of piperidine rings is 1. The van der Waals surface area contributed by atoms with Gasteiger partial charge in [0, 0.05) is 30.3 Å². The van der Waals surface area contributed by atoms with E-state index < -0.39 is 0 Å². The maximum Gasteiger partial charge on any atom is 0.289 e. The van der Waals surface area contributed by atoms with Crippen molar-refractivity contribution in [1.29, 1.82) is 0 Å². The topological polar surface area (TPSA) is 76.5 Å². The zero-order chi connectivity index (χ0) is 18.2. The van der Waals surface area contributed by atoms with Crippen LogP contribution in [0.3, 0.4) is 0 Å². The lowest BCUT2D eigenvalue weighted by Gasteiger charge is -2.42. The van der Waals surface area contributed by atoms with Crippen molar-refractivity contribution in [3.8, 4) is 11.3 Å². The molecule has 1 aliphatic heterocycles. The zero-order valence-corrected chi connectivity index (χ0v) is 14.9. The molecule has 1 fully saturated rings. The molecule has 0 aliphatic carbocycles. The third-order valence-corrected chi connectivity index (χ3v) is 4.99. The van der Waals surface area contributed by atoms with Crippen LogP contribution in [0.5, 0.6) is 0 Å². The Morgan fingerprint density at radius 1 is 1.16 bits per heavy atom. The Morgan fingerprint density at radius 2 is 1.84 bits per heavy atom. The average molecular weight is 340 g/mol. The van der Waals surface area contributed by atoms with Crippen LogP contribution in [0, 0.1) is 5.41 Å². The smallest absolute Gasteiger partial charge is 0.289 e. The van der Waals surface area contributed by atoms with Crippen molar-refractivity contribution in [1.82, 2.24) is 4.90 Å². The second kappa shape index (κ2) is 6.48. The van der Waals surface area contributed by atoms with Crippen molar-refractivity contribution in [2.24, 2.45) is 11.1 Å². The molecule has 5 nitrogen and oxygen atoms in total. The second-order valence-electron chi connectivity index (χ2n) is 7.41. The number of furan rings is 1. The van der Waals surface area contributed by atoms with Gasteiger partial charge in [0.1, 0.15) is 5.76 Å². The van der Waals surface area contributed by atoms with Crippen molar-refractivity contribution in [3.05, 3.63) is 47.7 Å². The lowest BCUT2D eigenvalue weighted by atomic mass is 9.79. The first kappa shape index (κ1) is 17.4. The van der Waals surface area contributed by atoms with Gasteiger partial charge in [0.15, 0.2) is 11.5 Å². The first-order valence-electron chi connectivity index (χ1n) is 8.54. The maximum absolute atomic E-state index is 12.7. The molecule has 1 amide bonds. The number of carbonyl (C=O) groups is 2. The summed E-state index contributed by atoms with van der Waals surface area (Å²) < 4.78 is 5.77. The van der Waals surface area contributed by atoms with E-state index in [9.17, 15) is 9.59 Å². The van der Waals surface area contributed by atoms with E-state index in [1.807, 2.05) is 17.0 Å². The first-order chi connectivity index (χ1) is 11.8. The SMILES string of the molecule is CC(=O)c1ccc(-c2ccc(C(=O)N3CCC(N)C(C)(C)C3)o2)cc1. The van der Waals surface area contributed by atoms with Gasteiger partial charge in [0.2, 0.25) is 0 Å². The molecular weight excluding hydrogens is 316 g/mol. The molecule has 1 saturated heterocycles. The van der Waals surface area contributed by atoms with Crippen molar-refractivity contribution >= 4 is 11.7 Å². The number of amides is 1. The fourth-order valence-corrected chi connectivity index (χ4v) is 3.18. The average Bonchev–Trinajstić information content (AvgIpc) is 3.06. The van der Waals surface area contributed by atoms with Crippen molar-refractivity contribution in [2.75, 3.05) is 13.1 Å². The van der Waals surface area contributed by atoms with Gasteiger partial charge in [-0.25, -0.2) is 0 Å².